The molecule has 0 saturated carbocycles. The zero-order chi connectivity index (χ0) is 32.4. The summed E-state index contributed by atoms with van der Waals surface area (Å²) in [6, 6.07) is 29.2. The first-order chi connectivity index (χ1) is 21.6. The number of hydrogen-bond donors (Lipinski definition) is 1. The van der Waals surface area contributed by atoms with Crippen LogP contribution in [-0.4, -0.2) is 50.9 Å². The largest absolute Gasteiger partial charge is 0.492 e. The van der Waals surface area contributed by atoms with Gasteiger partial charge >= 0.3 is 0 Å². The number of rotatable bonds is 14. The molecule has 45 heavy (non-hydrogen) atoms. The van der Waals surface area contributed by atoms with Crippen molar-refractivity contribution in [3.63, 3.8) is 0 Å². The maximum Gasteiger partial charge on any atom is 0.264 e. The predicted octanol–water partition coefficient (Wildman–Crippen LogP) is 6.13. The maximum absolute atomic E-state index is 14.5. The molecule has 0 unspecified atom stereocenters. The number of ether oxygens (including phenoxy) is 1. The van der Waals surface area contributed by atoms with Gasteiger partial charge in [0.25, 0.3) is 10.0 Å². The second-order valence-electron chi connectivity index (χ2n) is 10.5. The zero-order valence-corrected chi connectivity index (χ0v) is 28.1. The van der Waals surface area contributed by atoms with Crippen LogP contribution in [0.25, 0.3) is 0 Å². The van der Waals surface area contributed by atoms with Gasteiger partial charge < -0.3 is 15.0 Å². The van der Waals surface area contributed by atoms with E-state index in [0.717, 1.165) is 25.5 Å². The van der Waals surface area contributed by atoms with Crippen LogP contribution in [-0.2, 0) is 32.6 Å². The Morgan fingerprint density at radius 3 is 2.13 bits per heavy atom. The number of amides is 2. The molecule has 0 aromatic heterocycles. The molecule has 1 N–H and O–H groups in total. The Balaban J connectivity index is 1.82. The molecule has 4 rings (SSSR count). The van der Waals surface area contributed by atoms with Gasteiger partial charge in [0.05, 0.1) is 17.2 Å². The number of para-hydroxylation sites is 2. The Morgan fingerprint density at radius 1 is 0.844 bits per heavy atom. The molecule has 0 aliphatic rings. The van der Waals surface area contributed by atoms with Crippen molar-refractivity contribution in [3.8, 4) is 5.75 Å². The fourth-order valence-corrected chi connectivity index (χ4v) is 6.61. The van der Waals surface area contributed by atoms with E-state index in [2.05, 4.69) is 21.2 Å². The average molecular weight is 693 g/mol. The van der Waals surface area contributed by atoms with Crippen molar-refractivity contribution < 1.29 is 22.7 Å². The van der Waals surface area contributed by atoms with Crippen LogP contribution in [0.5, 0.6) is 5.75 Å². The third kappa shape index (κ3) is 8.73. The van der Waals surface area contributed by atoms with Crippen LogP contribution in [0.2, 0.25) is 0 Å². The van der Waals surface area contributed by atoms with Crippen molar-refractivity contribution in [2.75, 3.05) is 24.0 Å². The summed E-state index contributed by atoms with van der Waals surface area (Å²) in [4.78, 5) is 29.7. The molecule has 4 aromatic carbocycles. The quantitative estimate of drug-likeness (QED) is 0.172. The molecule has 0 spiro atoms. The number of likely N-dealkylation sites (N-methyl/N-ethyl adjacent to an activating group) is 1. The van der Waals surface area contributed by atoms with E-state index in [9.17, 15) is 18.0 Å². The number of halogens is 1. The van der Waals surface area contributed by atoms with Crippen LogP contribution in [0.15, 0.2) is 112 Å². The lowest BCUT2D eigenvalue weighted by Crippen LogP contribution is -2.53. The van der Waals surface area contributed by atoms with Gasteiger partial charge in [0.1, 0.15) is 18.3 Å². The topological polar surface area (TPSA) is 96.0 Å². The zero-order valence-electron chi connectivity index (χ0n) is 25.6. The van der Waals surface area contributed by atoms with Gasteiger partial charge in [-0.15, -0.1) is 0 Å². The van der Waals surface area contributed by atoms with Gasteiger partial charge in [-0.3, -0.25) is 13.9 Å². The average Bonchev–Trinajstić information content (AvgIpc) is 3.03. The first kappa shape index (κ1) is 33.7. The molecular weight excluding hydrogens is 654 g/mol. The summed E-state index contributed by atoms with van der Waals surface area (Å²) in [6.07, 6.45) is 0.245. The molecule has 1 atom stereocenters. The number of hydrogen-bond acceptors (Lipinski definition) is 5. The van der Waals surface area contributed by atoms with Crippen LogP contribution >= 0.6 is 15.9 Å². The van der Waals surface area contributed by atoms with Crippen LogP contribution in [0.3, 0.4) is 0 Å². The van der Waals surface area contributed by atoms with Gasteiger partial charge in [-0.2, -0.15) is 0 Å². The van der Waals surface area contributed by atoms with E-state index < -0.39 is 28.5 Å². The van der Waals surface area contributed by atoms with Gasteiger partial charge in [-0.25, -0.2) is 8.42 Å². The highest BCUT2D eigenvalue weighted by atomic mass is 79.9. The summed E-state index contributed by atoms with van der Waals surface area (Å²) >= 11 is 3.45. The Hall–Kier alpha value is -4.15. The lowest BCUT2D eigenvalue weighted by molar-refractivity contribution is -0.140. The van der Waals surface area contributed by atoms with Crippen molar-refractivity contribution in [3.05, 3.63) is 124 Å². The molecule has 236 valence electrons. The summed E-state index contributed by atoms with van der Waals surface area (Å²) in [5, 5.41) is 2.88. The number of aryl methyl sites for hydroxylation is 1. The number of nitrogens with zero attached hydrogens (tertiary/aromatic N) is 2. The molecule has 2 amide bonds. The minimum Gasteiger partial charge on any atom is -0.492 e. The number of nitrogens with one attached hydrogen (secondary N) is 1. The monoisotopic (exact) mass is 691 g/mol. The predicted molar refractivity (Wildman–Crippen MR) is 181 cm³/mol. The molecule has 0 fully saturated rings. The molecule has 0 aliphatic heterocycles. The van der Waals surface area contributed by atoms with E-state index in [4.69, 9.17) is 4.74 Å². The van der Waals surface area contributed by atoms with Crippen molar-refractivity contribution in [2.24, 2.45) is 0 Å². The van der Waals surface area contributed by atoms with Gasteiger partial charge in [0.15, 0.2) is 0 Å². The van der Waals surface area contributed by atoms with Crippen LogP contribution in [0.1, 0.15) is 30.5 Å². The Kier molecular flexibility index (Phi) is 11.8. The molecule has 0 aliphatic carbocycles. The second-order valence-corrected chi connectivity index (χ2v) is 13.3. The third-order valence-electron chi connectivity index (χ3n) is 7.21. The van der Waals surface area contributed by atoms with Gasteiger partial charge in [0, 0.05) is 24.0 Å². The lowest BCUT2D eigenvalue weighted by Gasteiger charge is -2.34. The normalized spacial score (nSPS) is 11.8. The van der Waals surface area contributed by atoms with Gasteiger partial charge in [-0.05, 0) is 68.3 Å². The summed E-state index contributed by atoms with van der Waals surface area (Å²) < 4.78 is 36.3. The summed E-state index contributed by atoms with van der Waals surface area (Å²) in [6.45, 7) is 5.71. The van der Waals surface area contributed by atoms with Crippen molar-refractivity contribution in [1.29, 1.82) is 0 Å². The second kappa shape index (κ2) is 15.7. The first-order valence-corrected chi connectivity index (χ1v) is 17.0. The Labute approximate surface area is 274 Å². The fourth-order valence-electron chi connectivity index (χ4n) is 4.92. The Bertz CT molecular complexity index is 1680. The summed E-state index contributed by atoms with van der Waals surface area (Å²) in [7, 11) is -4.23. The number of carbonyl (C=O) groups excluding carboxylic acids is 2. The molecule has 0 radical (unpaired) electrons. The van der Waals surface area contributed by atoms with Gasteiger partial charge in [0.2, 0.25) is 11.8 Å². The van der Waals surface area contributed by atoms with E-state index in [0.29, 0.717) is 18.9 Å². The fraction of sp³-hybridized carbons (Fsp3) is 0.257. The minimum atomic E-state index is -4.23. The standard InChI is InChI=1S/C35H38BrN3O5S/c1-4-37-35(41)32(23-27-11-7-6-8-12-27)38(24-28-17-19-29(36)20-18-28)34(40)25-39(31-13-9-10-14-33(31)44-5-2)45(42,43)30-21-15-26(3)16-22-30/h6-22,32H,4-5,23-25H2,1-3H3,(H,37,41)/t32-/m1/s1. The summed E-state index contributed by atoms with van der Waals surface area (Å²) in [5.41, 5.74) is 2.79. The van der Waals surface area contributed by atoms with E-state index in [-0.39, 0.29) is 29.5 Å². The number of sulfonamides is 1. The Morgan fingerprint density at radius 2 is 1.49 bits per heavy atom. The number of carbonyl (C=O) groups is 2. The van der Waals surface area contributed by atoms with E-state index in [1.807, 2.05) is 68.4 Å². The highest BCUT2D eigenvalue weighted by Gasteiger charge is 2.35. The molecule has 0 saturated heterocycles. The van der Waals surface area contributed by atoms with Crippen molar-refractivity contribution in [2.45, 2.75) is 44.7 Å². The van der Waals surface area contributed by atoms with Crippen LogP contribution in [0.4, 0.5) is 5.69 Å². The van der Waals surface area contributed by atoms with Crippen molar-refractivity contribution in [1.82, 2.24) is 10.2 Å². The molecule has 10 heteroatoms. The summed E-state index contributed by atoms with van der Waals surface area (Å²) in [5.74, 6) is -0.533. The van der Waals surface area contributed by atoms with Gasteiger partial charge in [-0.1, -0.05) is 88.2 Å². The number of benzene rings is 4. The molecule has 0 heterocycles. The highest BCUT2D eigenvalue weighted by Crippen LogP contribution is 2.33. The van der Waals surface area contributed by atoms with Crippen molar-refractivity contribution >= 4 is 43.5 Å². The highest BCUT2D eigenvalue weighted by molar-refractivity contribution is 9.10. The van der Waals surface area contributed by atoms with E-state index >= 15 is 0 Å². The van der Waals surface area contributed by atoms with Crippen LogP contribution < -0.4 is 14.4 Å². The molecular formula is C35H38BrN3O5S. The van der Waals surface area contributed by atoms with E-state index in [1.165, 1.54) is 17.0 Å². The minimum absolute atomic E-state index is 0.0382. The SMILES string of the molecule is CCNC(=O)[C@@H](Cc1ccccc1)N(Cc1ccc(Br)cc1)C(=O)CN(c1ccccc1OCC)S(=O)(=O)c1ccc(C)cc1. The number of anilines is 1. The first-order valence-electron chi connectivity index (χ1n) is 14.8. The van der Waals surface area contributed by atoms with Crippen LogP contribution in [0, 0.1) is 6.92 Å². The third-order valence-corrected chi connectivity index (χ3v) is 9.51. The van der Waals surface area contributed by atoms with E-state index in [1.54, 1.807) is 43.3 Å². The molecule has 4 aromatic rings. The smallest absolute Gasteiger partial charge is 0.264 e. The lowest BCUT2D eigenvalue weighted by atomic mass is 10.0. The maximum atomic E-state index is 14.5. The molecule has 0 bridgehead atoms. The molecule has 8 nitrogen and oxygen atoms in total.